The molecule has 2 heterocycles. The molecule has 0 bridgehead atoms. The number of halogens is 1. The van der Waals surface area contributed by atoms with E-state index in [1.165, 1.54) is 0 Å². The van der Waals surface area contributed by atoms with Crippen molar-refractivity contribution in [2.75, 3.05) is 7.05 Å². The normalized spacial score (nSPS) is 11.6. The van der Waals surface area contributed by atoms with E-state index < -0.39 is 0 Å². The van der Waals surface area contributed by atoms with Gasteiger partial charge in [-0.15, -0.1) is 24.0 Å². The molecule has 2 aromatic heterocycles. The van der Waals surface area contributed by atoms with Crippen molar-refractivity contribution in [1.82, 2.24) is 15.8 Å². The van der Waals surface area contributed by atoms with Gasteiger partial charge in [0, 0.05) is 24.4 Å². The number of para-hydroxylation sites is 1. The van der Waals surface area contributed by atoms with Gasteiger partial charge in [-0.1, -0.05) is 37.2 Å². The van der Waals surface area contributed by atoms with Crippen LogP contribution in [0.2, 0.25) is 0 Å². The number of aromatic nitrogens is 1. The lowest BCUT2D eigenvalue weighted by atomic mass is 9.99. The molecule has 0 radical (unpaired) electrons. The zero-order valence-corrected chi connectivity index (χ0v) is 18.3. The molecule has 3 aromatic rings. The highest BCUT2D eigenvalue weighted by Crippen LogP contribution is 2.22. The number of hydrogen-bond donors (Lipinski definition) is 2. The van der Waals surface area contributed by atoms with Crippen LogP contribution >= 0.6 is 24.0 Å². The first-order valence-electron chi connectivity index (χ1n) is 9.11. The van der Waals surface area contributed by atoms with Crippen molar-refractivity contribution >= 4 is 40.9 Å². The van der Waals surface area contributed by atoms with Gasteiger partial charge >= 0.3 is 0 Å². The standard InChI is InChI=1S/C20H26N4O2.HI/c1-4-14(5-2)18-11-17(26-24-18)13-23-20(21-3)22-12-16-10-15-8-6-7-9-19(15)25-16;/h6-11,14H,4-5,12-13H2,1-3H3,(H2,21,22,23);1H. The van der Waals surface area contributed by atoms with Gasteiger partial charge in [0.25, 0.3) is 0 Å². The summed E-state index contributed by atoms with van der Waals surface area (Å²) >= 11 is 0. The fourth-order valence-electron chi connectivity index (χ4n) is 3.00. The number of rotatable bonds is 7. The van der Waals surface area contributed by atoms with E-state index in [1.54, 1.807) is 7.05 Å². The average Bonchev–Trinajstić information content (AvgIpc) is 3.29. The Hall–Kier alpha value is -2.03. The van der Waals surface area contributed by atoms with Gasteiger partial charge in [0.15, 0.2) is 11.7 Å². The van der Waals surface area contributed by atoms with Crippen LogP contribution in [-0.2, 0) is 13.1 Å². The van der Waals surface area contributed by atoms with Crippen LogP contribution in [0.1, 0.15) is 49.8 Å². The predicted molar refractivity (Wildman–Crippen MR) is 118 cm³/mol. The first-order chi connectivity index (χ1) is 12.7. The fraction of sp³-hybridized carbons (Fsp3) is 0.400. The van der Waals surface area contributed by atoms with E-state index >= 15 is 0 Å². The quantitative estimate of drug-likeness (QED) is 0.287. The summed E-state index contributed by atoms with van der Waals surface area (Å²) in [5.41, 5.74) is 1.92. The first kappa shape index (κ1) is 21.3. The molecule has 1 aromatic carbocycles. The number of hydrogen-bond acceptors (Lipinski definition) is 4. The third-order valence-corrected chi connectivity index (χ3v) is 4.54. The lowest BCUT2D eigenvalue weighted by Crippen LogP contribution is -2.36. The van der Waals surface area contributed by atoms with Gasteiger partial charge in [-0.05, 0) is 25.0 Å². The van der Waals surface area contributed by atoms with Crippen molar-refractivity contribution in [1.29, 1.82) is 0 Å². The lowest BCUT2D eigenvalue weighted by Gasteiger charge is -2.09. The second-order valence-corrected chi connectivity index (χ2v) is 6.26. The molecule has 3 rings (SSSR count). The molecule has 0 fully saturated rings. The molecule has 0 unspecified atom stereocenters. The number of nitrogens with zero attached hydrogens (tertiary/aromatic N) is 2. The monoisotopic (exact) mass is 482 g/mol. The number of aliphatic imine (C=N–C) groups is 1. The third kappa shape index (κ3) is 5.47. The molecule has 0 aliphatic carbocycles. The van der Waals surface area contributed by atoms with Gasteiger partial charge in [0.05, 0.1) is 18.8 Å². The van der Waals surface area contributed by atoms with E-state index in [0.29, 0.717) is 25.0 Å². The van der Waals surface area contributed by atoms with Crippen molar-refractivity contribution < 1.29 is 8.94 Å². The van der Waals surface area contributed by atoms with Gasteiger partial charge < -0.3 is 19.6 Å². The van der Waals surface area contributed by atoms with Crippen LogP contribution in [0.25, 0.3) is 11.0 Å². The summed E-state index contributed by atoms with van der Waals surface area (Å²) < 4.78 is 11.2. The average molecular weight is 482 g/mol. The smallest absolute Gasteiger partial charge is 0.191 e. The van der Waals surface area contributed by atoms with Crippen molar-refractivity contribution in [3.05, 3.63) is 53.6 Å². The Balaban J connectivity index is 0.00000261. The molecule has 27 heavy (non-hydrogen) atoms. The molecule has 0 aliphatic heterocycles. The Bertz CT molecular complexity index is 835. The summed E-state index contributed by atoms with van der Waals surface area (Å²) in [4.78, 5) is 4.24. The van der Waals surface area contributed by atoms with Gasteiger partial charge in [-0.3, -0.25) is 4.99 Å². The number of benzene rings is 1. The molecule has 7 heteroatoms. The van der Waals surface area contributed by atoms with Crippen LogP contribution in [0.5, 0.6) is 0 Å². The Morgan fingerprint density at radius 2 is 1.78 bits per heavy atom. The van der Waals surface area contributed by atoms with Crippen molar-refractivity contribution in [2.24, 2.45) is 4.99 Å². The fourth-order valence-corrected chi connectivity index (χ4v) is 3.00. The maximum atomic E-state index is 5.81. The van der Waals surface area contributed by atoms with Crippen LogP contribution in [-0.4, -0.2) is 18.2 Å². The molecular formula is C20H27IN4O2. The summed E-state index contributed by atoms with van der Waals surface area (Å²) in [7, 11) is 1.74. The third-order valence-electron chi connectivity index (χ3n) is 4.54. The van der Waals surface area contributed by atoms with Crippen LogP contribution in [0.4, 0.5) is 0 Å². The predicted octanol–water partition coefficient (Wildman–Crippen LogP) is 4.81. The van der Waals surface area contributed by atoms with E-state index in [2.05, 4.69) is 34.6 Å². The van der Waals surface area contributed by atoms with Crippen molar-refractivity contribution in [2.45, 2.75) is 45.7 Å². The van der Waals surface area contributed by atoms with Gasteiger partial charge in [0.1, 0.15) is 11.3 Å². The van der Waals surface area contributed by atoms with Crippen molar-refractivity contribution in [3.63, 3.8) is 0 Å². The largest absolute Gasteiger partial charge is 0.459 e. The molecule has 6 nitrogen and oxygen atoms in total. The Morgan fingerprint density at radius 3 is 2.44 bits per heavy atom. The molecule has 0 atom stereocenters. The summed E-state index contributed by atoms with van der Waals surface area (Å²) in [6, 6.07) is 12.0. The number of guanidine groups is 1. The highest BCUT2D eigenvalue weighted by molar-refractivity contribution is 14.0. The molecule has 0 saturated carbocycles. The number of fused-ring (bicyclic) bond motifs is 1. The maximum Gasteiger partial charge on any atom is 0.191 e. The summed E-state index contributed by atoms with van der Waals surface area (Å²) in [6.45, 7) is 5.44. The van der Waals surface area contributed by atoms with Gasteiger partial charge in [-0.2, -0.15) is 0 Å². The molecule has 0 amide bonds. The SMILES string of the molecule is CCC(CC)c1cc(CNC(=NC)NCc2cc3ccccc3o2)on1.I. The summed E-state index contributed by atoms with van der Waals surface area (Å²) in [5.74, 6) is 2.81. The molecular weight excluding hydrogens is 455 g/mol. The molecule has 2 N–H and O–H groups in total. The topological polar surface area (TPSA) is 75.6 Å². The molecule has 0 saturated heterocycles. The van der Waals surface area contributed by atoms with E-state index in [1.807, 2.05) is 36.4 Å². The van der Waals surface area contributed by atoms with Crippen LogP contribution in [0, 0.1) is 0 Å². The zero-order valence-electron chi connectivity index (χ0n) is 16.0. The van der Waals surface area contributed by atoms with E-state index in [4.69, 9.17) is 8.94 Å². The van der Waals surface area contributed by atoms with Crippen LogP contribution in [0.15, 0.2) is 50.3 Å². The Labute approximate surface area is 176 Å². The molecule has 0 spiro atoms. The van der Waals surface area contributed by atoms with Crippen LogP contribution < -0.4 is 10.6 Å². The second-order valence-electron chi connectivity index (χ2n) is 6.26. The lowest BCUT2D eigenvalue weighted by molar-refractivity contribution is 0.368. The van der Waals surface area contributed by atoms with Crippen LogP contribution in [0.3, 0.4) is 0 Å². The first-order valence-corrected chi connectivity index (χ1v) is 9.11. The minimum Gasteiger partial charge on any atom is -0.459 e. The van der Waals surface area contributed by atoms with E-state index in [9.17, 15) is 0 Å². The molecule has 0 aliphatic rings. The highest BCUT2D eigenvalue weighted by Gasteiger charge is 2.13. The zero-order chi connectivity index (χ0) is 18.4. The summed E-state index contributed by atoms with van der Waals surface area (Å²) in [5, 5.41) is 11.8. The Kier molecular flexibility index (Phi) is 8.15. The molecule has 146 valence electrons. The number of nitrogens with one attached hydrogen (secondary N) is 2. The Morgan fingerprint density at radius 1 is 1.07 bits per heavy atom. The maximum absolute atomic E-state index is 5.81. The second kappa shape index (κ2) is 10.3. The minimum atomic E-state index is 0. The van der Waals surface area contributed by atoms with Gasteiger partial charge in [0.2, 0.25) is 0 Å². The highest BCUT2D eigenvalue weighted by atomic mass is 127. The van der Waals surface area contributed by atoms with E-state index in [0.717, 1.165) is 41.0 Å². The number of furan rings is 1. The van der Waals surface area contributed by atoms with Gasteiger partial charge in [-0.25, -0.2) is 0 Å². The van der Waals surface area contributed by atoms with E-state index in [-0.39, 0.29) is 24.0 Å². The minimum absolute atomic E-state index is 0. The summed E-state index contributed by atoms with van der Waals surface area (Å²) in [6.07, 6.45) is 2.13. The van der Waals surface area contributed by atoms with Crippen molar-refractivity contribution in [3.8, 4) is 0 Å².